The average Bonchev–Trinajstić information content (AvgIpc) is 2.97. The highest BCUT2D eigenvalue weighted by Crippen LogP contribution is 2.22. The molecule has 5 N–H and O–H groups in total. The summed E-state index contributed by atoms with van der Waals surface area (Å²) in [6.45, 7) is 16.4. The van der Waals surface area contributed by atoms with Gasteiger partial charge >= 0.3 is 23.9 Å². The number of hydrogen-bond donors (Lipinski definition) is 5. The van der Waals surface area contributed by atoms with Gasteiger partial charge in [-0.3, -0.25) is 43.6 Å². The van der Waals surface area contributed by atoms with Gasteiger partial charge in [0.15, 0.2) is 0 Å². The number of aliphatic carboxylic acids is 4. The number of carboxylic acid groups (broad SMARTS) is 4. The summed E-state index contributed by atoms with van der Waals surface area (Å²) in [6.07, 6.45) is 0.939. The first-order valence-corrected chi connectivity index (χ1v) is 16.6. The molecule has 0 aromatic heterocycles. The Kier molecular flexibility index (Phi) is 21.3. The maximum atomic E-state index is 12.8. The molecule has 1 amide bonds. The van der Waals surface area contributed by atoms with Gasteiger partial charge in [0.2, 0.25) is 5.91 Å². The molecule has 15 nitrogen and oxygen atoms in total. The zero-order chi connectivity index (χ0) is 36.2. The van der Waals surface area contributed by atoms with E-state index in [4.69, 9.17) is 4.74 Å². The number of carboxylic acids is 4. The quantitative estimate of drug-likeness (QED) is 0.139. The largest absolute Gasteiger partial charge is 0.480 e. The van der Waals surface area contributed by atoms with Crippen molar-refractivity contribution in [2.45, 2.75) is 73.8 Å². The Hall–Kier alpha value is -2.85. The van der Waals surface area contributed by atoms with Crippen molar-refractivity contribution < 1.29 is 49.1 Å². The second-order valence-corrected chi connectivity index (χ2v) is 13.4. The zero-order valence-corrected chi connectivity index (χ0v) is 29.6. The van der Waals surface area contributed by atoms with Crippen LogP contribution in [0.5, 0.6) is 0 Å². The van der Waals surface area contributed by atoms with Crippen molar-refractivity contribution in [1.29, 1.82) is 0 Å². The molecule has 47 heavy (non-hydrogen) atoms. The second-order valence-electron chi connectivity index (χ2n) is 13.4. The van der Waals surface area contributed by atoms with Crippen LogP contribution in [0.25, 0.3) is 0 Å². The molecule has 0 spiro atoms. The standard InChI is InChI=1S/C30H55N5O10.C2H6/c1-6-29(2,3)21-45-22-30(4,5)20-31-24(36)8-7-23(28(43)44)35-15-13-33(18-26(39)40)11-9-32(17-25(37)38)10-12-34(14-16-35)19-27(41)42;1-2/h23H,6-22H2,1-5H3,(H,31,36)(H,37,38)(H,39,40)(H,41,42)(H,43,44);1-2H3. The molecular weight excluding hydrogens is 614 g/mol. The van der Waals surface area contributed by atoms with Gasteiger partial charge in [0.25, 0.3) is 0 Å². The van der Waals surface area contributed by atoms with E-state index in [1.807, 2.05) is 27.7 Å². The Morgan fingerprint density at radius 1 is 0.681 bits per heavy atom. The van der Waals surface area contributed by atoms with Crippen LogP contribution < -0.4 is 5.32 Å². The molecule has 0 saturated carbocycles. The SMILES string of the molecule is CC.CCC(C)(C)COCC(C)(C)CNC(=O)CCC(C(=O)O)N1CCN(CC(=O)O)CCN(CC(=O)O)CCN(CC(=O)O)CC1. The Morgan fingerprint density at radius 3 is 1.43 bits per heavy atom. The van der Waals surface area contributed by atoms with Gasteiger partial charge in [0, 0.05) is 70.7 Å². The van der Waals surface area contributed by atoms with Crippen molar-refractivity contribution in [2.75, 3.05) is 91.8 Å². The number of rotatable bonds is 18. The number of amides is 1. The molecule has 1 rings (SSSR count). The molecule has 1 atom stereocenters. The van der Waals surface area contributed by atoms with Crippen LogP contribution in [-0.4, -0.2) is 168 Å². The molecule has 1 aliphatic heterocycles. The van der Waals surface area contributed by atoms with Crippen molar-refractivity contribution in [3.8, 4) is 0 Å². The Morgan fingerprint density at radius 2 is 1.06 bits per heavy atom. The highest BCUT2D eigenvalue weighted by Gasteiger charge is 2.29. The van der Waals surface area contributed by atoms with Gasteiger partial charge in [-0.05, 0) is 18.3 Å². The third kappa shape index (κ3) is 20.9. The van der Waals surface area contributed by atoms with Crippen LogP contribution in [0.4, 0.5) is 0 Å². The first-order chi connectivity index (χ1) is 21.9. The van der Waals surface area contributed by atoms with E-state index in [1.54, 1.807) is 19.6 Å². The molecular formula is C32H61N5O10. The van der Waals surface area contributed by atoms with Crippen molar-refractivity contribution in [3.05, 3.63) is 0 Å². The number of nitrogens with zero attached hydrogens (tertiary/aromatic N) is 4. The monoisotopic (exact) mass is 675 g/mol. The molecule has 1 unspecified atom stereocenters. The maximum absolute atomic E-state index is 12.8. The molecule has 1 heterocycles. The van der Waals surface area contributed by atoms with Gasteiger partial charge in [0.1, 0.15) is 6.04 Å². The predicted molar refractivity (Wildman–Crippen MR) is 177 cm³/mol. The van der Waals surface area contributed by atoms with Gasteiger partial charge < -0.3 is 30.5 Å². The Balaban J connectivity index is 0.0000104. The fourth-order valence-electron chi connectivity index (χ4n) is 4.83. The van der Waals surface area contributed by atoms with Crippen molar-refractivity contribution >= 4 is 29.8 Å². The van der Waals surface area contributed by atoms with Gasteiger partial charge in [-0.2, -0.15) is 0 Å². The van der Waals surface area contributed by atoms with Crippen molar-refractivity contribution in [3.63, 3.8) is 0 Å². The summed E-state index contributed by atoms with van der Waals surface area (Å²) in [5.74, 6) is -4.62. The van der Waals surface area contributed by atoms with Gasteiger partial charge in [-0.15, -0.1) is 0 Å². The van der Waals surface area contributed by atoms with Gasteiger partial charge in [-0.1, -0.05) is 48.5 Å². The van der Waals surface area contributed by atoms with Crippen LogP contribution in [0, 0.1) is 10.8 Å². The molecule has 274 valence electrons. The Labute approximate surface area is 280 Å². The summed E-state index contributed by atoms with van der Waals surface area (Å²) in [4.78, 5) is 66.2. The molecule has 15 heteroatoms. The summed E-state index contributed by atoms with van der Waals surface area (Å²) < 4.78 is 5.90. The smallest absolute Gasteiger partial charge is 0.320 e. The van der Waals surface area contributed by atoms with Crippen LogP contribution in [0.2, 0.25) is 0 Å². The first-order valence-electron chi connectivity index (χ1n) is 16.6. The lowest BCUT2D eigenvalue weighted by Crippen LogP contribution is -2.52. The van der Waals surface area contributed by atoms with E-state index in [0.29, 0.717) is 19.8 Å². The summed E-state index contributed by atoms with van der Waals surface area (Å²) in [5.41, 5.74) is -0.270. The molecule has 0 bridgehead atoms. The van der Waals surface area contributed by atoms with Crippen LogP contribution in [-0.2, 0) is 28.7 Å². The molecule has 1 aliphatic rings. The lowest BCUT2D eigenvalue weighted by Gasteiger charge is -2.35. The van der Waals surface area contributed by atoms with Crippen molar-refractivity contribution in [2.24, 2.45) is 10.8 Å². The number of carbonyl (C=O) groups is 5. The minimum absolute atomic E-state index is 0.00698. The first kappa shape index (κ1) is 44.1. The van der Waals surface area contributed by atoms with E-state index in [9.17, 15) is 44.4 Å². The minimum atomic E-state index is -1.13. The number of ether oxygens (including phenoxy) is 1. The molecule has 1 fully saturated rings. The summed E-state index contributed by atoms with van der Waals surface area (Å²) in [7, 11) is 0. The van der Waals surface area contributed by atoms with E-state index in [-0.39, 0.29) is 102 Å². The van der Waals surface area contributed by atoms with Gasteiger partial charge in [0.05, 0.1) is 32.8 Å². The summed E-state index contributed by atoms with van der Waals surface area (Å²) in [5, 5.41) is 41.2. The Bertz CT molecular complexity index is 946. The highest BCUT2D eigenvalue weighted by molar-refractivity contribution is 5.78. The molecule has 1 saturated heterocycles. The van der Waals surface area contributed by atoms with Crippen LogP contribution in [0.3, 0.4) is 0 Å². The van der Waals surface area contributed by atoms with E-state index in [2.05, 4.69) is 26.1 Å². The summed E-state index contributed by atoms with van der Waals surface area (Å²) in [6, 6.07) is -1.06. The second kappa shape index (κ2) is 22.7. The lowest BCUT2D eigenvalue weighted by molar-refractivity contribution is -0.145. The normalized spacial score (nSPS) is 17.3. The maximum Gasteiger partial charge on any atom is 0.320 e. The van der Waals surface area contributed by atoms with E-state index in [0.717, 1.165) is 6.42 Å². The highest BCUT2D eigenvalue weighted by atomic mass is 16.5. The van der Waals surface area contributed by atoms with E-state index in [1.165, 1.54) is 0 Å². The van der Waals surface area contributed by atoms with E-state index >= 15 is 0 Å². The molecule has 0 aromatic carbocycles. The number of carbonyl (C=O) groups excluding carboxylic acids is 1. The van der Waals surface area contributed by atoms with Crippen LogP contribution in [0.1, 0.15) is 67.7 Å². The van der Waals surface area contributed by atoms with E-state index < -0.39 is 29.9 Å². The molecule has 0 aromatic rings. The van der Waals surface area contributed by atoms with Gasteiger partial charge in [-0.25, -0.2) is 0 Å². The minimum Gasteiger partial charge on any atom is -0.480 e. The topological polar surface area (TPSA) is 200 Å². The number of hydrogen-bond acceptors (Lipinski definition) is 10. The zero-order valence-electron chi connectivity index (χ0n) is 29.6. The molecule has 0 radical (unpaired) electrons. The third-order valence-corrected chi connectivity index (χ3v) is 8.03. The van der Waals surface area contributed by atoms with Crippen LogP contribution >= 0.6 is 0 Å². The lowest BCUT2D eigenvalue weighted by atomic mass is 9.91. The third-order valence-electron chi connectivity index (χ3n) is 8.03. The average molecular weight is 676 g/mol. The number of nitrogens with one attached hydrogen (secondary N) is 1. The molecule has 0 aliphatic carbocycles. The van der Waals surface area contributed by atoms with Crippen LogP contribution in [0.15, 0.2) is 0 Å². The van der Waals surface area contributed by atoms with Crippen molar-refractivity contribution in [1.82, 2.24) is 24.9 Å². The fourth-order valence-corrected chi connectivity index (χ4v) is 4.83. The summed E-state index contributed by atoms with van der Waals surface area (Å²) >= 11 is 0. The fraction of sp³-hybridized carbons (Fsp3) is 0.844. The predicted octanol–water partition coefficient (Wildman–Crippen LogP) is 1.32.